The van der Waals surface area contributed by atoms with Crippen LogP contribution in [0.25, 0.3) is 0 Å². The summed E-state index contributed by atoms with van der Waals surface area (Å²) in [5, 5.41) is 0. The second-order valence-corrected chi connectivity index (χ2v) is 14.7. The van der Waals surface area contributed by atoms with Crippen molar-refractivity contribution < 1.29 is 0 Å². The summed E-state index contributed by atoms with van der Waals surface area (Å²) in [4.78, 5) is 0. The van der Waals surface area contributed by atoms with Gasteiger partial charge in [0, 0.05) is 0 Å². The molecular weight excluding hydrogens is 335 g/mol. The first-order chi connectivity index (χ1) is 9.35. The average molecular weight is 374 g/mol. The molecule has 0 nitrogen and oxygen atoms in total. The van der Waals surface area contributed by atoms with E-state index in [0.717, 1.165) is 0 Å². The zero-order chi connectivity index (χ0) is 14.2. The summed E-state index contributed by atoms with van der Waals surface area (Å²) < 4.78 is 5.08. The fourth-order valence-corrected chi connectivity index (χ4v) is 11.9. The van der Waals surface area contributed by atoms with Gasteiger partial charge in [-0.2, -0.15) is 0 Å². The van der Waals surface area contributed by atoms with Gasteiger partial charge in [0.25, 0.3) is 0 Å². The van der Waals surface area contributed by atoms with E-state index < -0.39 is 19.8 Å². The number of hydrogen-bond acceptors (Lipinski definition) is 0. The van der Waals surface area contributed by atoms with Crippen molar-refractivity contribution in [3.05, 3.63) is 0 Å². The van der Waals surface area contributed by atoms with E-state index in [2.05, 4.69) is 20.8 Å². The van der Waals surface area contributed by atoms with Gasteiger partial charge in [0.15, 0.2) is 0 Å². The van der Waals surface area contributed by atoms with Gasteiger partial charge in [-0.3, -0.25) is 0 Å². The van der Waals surface area contributed by atoms with Gasteiger partial charge in [-0.15, -0.1) is 0 Å². The second-order valence-electron chi connectivity index (χ2n) is 6.18. The van der Waals surface area contributed by atoms with Crippen molar-refractivity contribution in [1.82, 2.24) is 0 Å². The van der Waals surface area contributed by atoms with Crippen molar-refractivity contribution in [2.75, 3.05) is 0 Å². The molecule has 0 N–H and O–H groups in total. The summed E-state index contributed by atoms with van der Waals surface area (Å²) in [7, 11) is 0. The third-order valence-corrected chi connectivity index (χ3v) is 13.2. The van der Waals surface area contributed by atoms with Gasteiger partial charge in [-0.25, -0.2) is 0 Å². The molecule has 0 aliphatic heterocycles. The van der Waals surface area contributed by atoms with Gasteiger partial charge in [0.05, 0.1) is 0 Å². The van der Waals surface area contributed by atoms with Gasteiger partial charge < -0.3 is 0 Å². The third-order valence-electron chi connectivity index (χ3n) is 4.15. The van der Waals surface area contributed by atoms with E-state index in [0.29, 0.717) is 0 Å². The molecule has 115 valence electrons. The Morgan fingerprint density at radius 2 is 0.789 bits per heavy atom. The van der Waals surface area contributed by atoms with Gasteiger partial charge >= 0.3 is 131 Å². The molecule has 19 heavy (non-hydrogen) atoms. The summed E-state index contributed by atoms with van der Waals surface area (Å²) in [6.45, 7) is 7.02. The monoisotopic (exact) mass is 375 g/mol. The molecule has 0 fully saturated rings. The molecule has 0 spiro atoms. The Balaban J connectivity index is 3.40. The Morgan fingerprint density at radius 3 is 1.26 bits per heavy atom. The van der Waals surface area contributed by atoms with Crippen LogP contribution in [0.3, 0.4) is 0 Å². The number of hydrogen-bond donors (Lipinski definition) is 0. The van der Waals surface area contributed by atoms with Crippen LogP contribution in [0.1, 0.15) is 97.8 Å². The Kier molecular flexibility index (Phi) is 17.6. The van der Waals surface area contributed by atoms with E-state index in [1.165, 1.54) is 70.6 Å². The molecule has 0 aromatic carbocycles. The first kappa shape index (κ1) is 19.8. The van der Waals surface area contributed by atoms with Crippen molar-refractivity contribution in [2.24, 2.45) is 0 Å². The summed E-state index contributed by atoms with van der Waals surface area (Å²) in [5.74, 6) is 0. The van der Waals surface area contributed by atoms with E-state index in [1.54, 1.807) is 19.7 Å². The first-order valence-corrected chi connectivity index (χ1v) is 15.2. The molecule has 0 unspecified atom stereocenters. The van der Waals surface area contributed by atoms with Crippen molar-refractivity contribution in [2.45, 2.75) is 111 Å². The van der Waals surface area contributed by atoms with Gasteiger partial charge in [0.2, 0.25) is 0 Å². The van der Waals surface area contributed by atoms with Crippen LogP contribution >= 0.6 is 0 Å². The van der Waals surface area contributed by atoms with E-state index >= 15 is 0 Å². The Hall–Kier alpha value is 0.799. The molecule has 0 rings (SSSR count). The summed E-state index contributed by atoms with van der Waals surface area (Å²) in [5.41, 5.74) is 0. The van der Waals surface area contributed by atoms with Crippen LogP contribution in [0, 0.1) is 0 Å². The topological polar surface area (TPSA) is 0 Å². The van der Waals surface area contributed by atoms with Crippen LogP contribution in [0.15, 0.2) is 0 Å². The fourth-order valence-electron chi connectivity index (χ4n) is 2.74. The molecule has 0 aliphatic carbocycles. The SMILES string of the molecule is CCCCCCCCC[CH2][Sn]([CH2]CCC)[CH2]CCC. The van der Waals surface area contributed by atoms with Crippen LogP contribution < -0.4 is 0 Å². The molecule has 0 saturated carbocycles. The molecule has 0 amide bonds. The van der Waals surface area contributed by atoms with Gasteiger partial charge in [-0.05, 0) is 0 Å². The molecule has 0 aromatic rings. The van der Waals surface area contributed by atoms with Gasteiger partial charge in [0.1, 0.15) is 0 Å². The van der Waals surface area contributed by atoms with Crippen molar-refractivity contribution in [1.29, 1.82) is 0 Å². The quantitative estimate of drug-likeness (QED) is 0.210. The van der Waals surface area contributed by atoms with Crippen molar-refractivity contribution in [3.8, 4) is 0 Å². The fraction of sp³-hybridized carbons (Fsp3) is 1.00. The van der Waals surface area contributed by atoms with E-state index in [-0.39, 0.29) is 0 Å². The zero-order valence-corrected chi connectivity index (χ0v) is 17.0. The van der Waals surface area contributed by atoms with E-state index in [4.69, 9.17) is 0 Å². The Morgan fingerprint density at radius 1 is 0.421 bits per heavy atom. The predicted octanol–water partition coefficient (Wildman–Crippen LogP) is 7.22. The molecule has 0 bridgehead atoms. The molecule has 0 atom stereocenters. The standard InChI is InChI=1S/C10H21.2C4H9.Sn/c1-3-5-7-9-10-8-6-4-2;2*1-3-4-2;/h1,3-10H2,2H3;2*1,3-4H2,2H3;. The molecule has 1 heteroatoms. The summed E-state index contributed by atoms with van der Waals surface area (Å²) in [6, 6.07) is 0. The summed E-state index contributed by atoms with van der Waals surface area (Å²) in [6.07, 6.45) is 17.9. The maximum absolute atomic E-state index is 2.36. The summed E-state index contributed by atoms with van der Waals surface area (Å²) >= 11 is -0.913. The minimum atomic E-state index is -0.913. The van der Waals surface area contributed by atoms with Crippen molar-refractivity contribution in [3.63, 3.8) is 0 Å². The van der Waals surface area contributed by atoms with Gasteiger partial charge in [-0.1, -0.05) is 0 Å². The van der Waals surface area contributed by atoms with E-state index in [1.807, 2.05) is 0 Å². The molecule has 0 saturated heterocycles. The first-order valence-electron chi connectivity index (χ1n) is 9.18. The second kappa shape index (κ2) is 16.9. The average Bonchev–Trinajstić information content (AvgIpc) is 2.43. The van der Waals surface area contributed by atoms with Crippen LogP contribution in [0.4, 0.5) is 0 Å². The normalized spacial score (nSPS) is 11.4. The third kappa shape index (κ3) is 15.0. The van der Waals surface area contributed by atoms with Crippen LogP contribution in [-0.2, 0) is 0 Å². The van der Waals surface area contributed by atoms with Crippen molar-refractivity contribution >= 4 is 19.8 Å². The predicted molar refractivity (Wildman–Crippen MR) is 92.6 cm³/mol. The minimum absolute atomic E-state index is 0.913. The zero-order valence-electron chi connectivity index (χ0n) is 14.1. The molecule has 0 aliphatic rings. The number of unbranched alkanes of at least 4 members (excludes halogenated alkanes) is 9. The Bertz CT molecular complexity index is 148. The molecule has 1 radical (unpaired) electrons. The van der Waals surface area contributed by atoms with E-state index in [9.17, 15) is 0 Å². The molecule has 0 heterocycles. The molecular formula is C18H39Sn. The molecule has 0 aromatic heterocycles. The van der Waals surface area contributed by atoms with Crippen LogP contribution in [0.2, 0.25) is 13.3 Å². The van der Waals surface area contributed by atoms with Crippen LogP contribution in [0.5, 0.6) is 0 Å². The number of rotatable bonds is 15. The van der Waals surface area contributed by atoms with Crippen LogP contribution in [-0.4, -0.2) is 19.8 Å². The Labute approximate surface area is 130 Å². The maximum atomic E-state index is 2.36.